The number of hydrogen-bond donors (Lipinski definition) is 1. The van der Waals surface area contributed by atoms with E-state index in [1.807, 2.05) is 6.07 Å². The molecule has 0 spiro atoms. The Morgan fingerprint density at radius 2 is 1.93 bits per heavy atom. The third kappa shape index (κ3) is 3.78. The second kappa shape index (κ2) is 8.10. The number of aryl methyl sites for hydroxylation is 2. The number of amides is 1. The molecular formula is C22H27N5O. The molecule has 1 fully saturated rings. The van der Waals surface area contributed by atoms with E-state index in [9.17, 15) is 4.79 Å². The lowest BCUT2D eigenvalue weighted by atomic mass is 10.0. The molecule has 0 aliphatic carbocycles. The number of hydrogen-bond acceptors (Lipinski definition) is 4. The number of likely N-dealkylation sites (tertiary alicyclic amines) is 1. The average Bonchev–Trinajstić information content (AvgIpc) is 3.15. The number of carbonyl (C=O) groups excluding carboxylic acids is 1. The van der Waals surface area contributed by atoms with Gasteiger partial charge in [-0.25, -0.2) is 9.50 Å². The summed E-state index contributed by atoms with van der Waals surface area (Å²) in [5.41, 5.74) is 5.58. The van der Waals surface area contributed by atoms with Crippen molar-refractivity contribution < 1.29 is 4.79 Å². The van der Waals surface area contributed by atoms with Gasteiger partial charge in [0.1, 0.15) is 5.56 Å². The van der Waals surface area contributed by atoms with Crippen LogP contribution in [0.2, 0.25) is 0 Å². The maximum absolute atomic E-state index is 12.7. The molecule has 1 aliphatic rings. The minimum absolute atomic E-state index is 0.114. The van der Waals surface area contributed by atoms with E-state index in [2.05, 4.69) is 52.3 Å². The zero-order chi connectivity index (χ0) is 19.5. The van der Waals surface area contributed by atoms with Gasteiger partial charge in [0, 0.05) is 24.8 Å². The minimum Gasteiger partial charge on any atom is -0.351 e. The maximum Gasteiger partial charge on any atom is 0.256 e. The van der Waals surface area contributed by atoms with Gasteiger partial charge in [-0.2, -0.15) is 5.10 Å². The van der Waals surface area contributed by atoms with Gasteiger partial charge in [0.05, 0.1) is 11.9 Å². The highest BCUT2D eigenvalue weighted by Crippen LogP contribution is 2.23. The summed E-state index contributed by atoms with van der Waals surface area (Å²) in [5.74, 6) is -0.114. The molecule has 3 heterocycles. The second-order valence-corrected chi connectivity index (χ2v) is 7.58. The van der Waals surface area contributed by atoms with Crippen molar-refractivity contribution in [2.45, 2.75) is 33.1 Å². The van der Waals surface area contributed by atoms with E-state index in [1.165, 1.54) is 30.4 Å². The Morgan fingerprint density at radius 1 is 1.11 bits per heavy atom. The van der Waals surface area contributed by atoms with Crippen LogP contribution in [0.4, 0.5) is 0 Å². The first kappa shape index (κ1) is 18.6. The van der Waals surface area contributed by atoms with Gasteiger partial charge in [-0.1, -0.05) is 18.6 Å². The van der Waals surface area contributed by atoms with Gasteiger partial charge in [0.25, 0.3) is 5.91 Å². The SMILES string of the molecule is Cc1ccc(-c2ccnc3c(C(=O)NCCN4CCCCC4)cnn23)cc1C. The quantitative estimate of drug-likeness (QED) is 0.742. The third-order valence-electron chi connectivity index (χ3n) is 5.61. The van der Waals surface area contributed by atoms with Crippen molar-refractivity contribution in [2.24, 2.45) is 0 Å². The average molecular weight is 377 g/mol. The number of nitrogens with zero attached hydrogens (tertiary/aromatic N) is 4. The number of rotatable bonds is 5. The molecule has 0 radical (unpaired) electrons. The van der Waals surface area contributed by atoms with Crippen molar-refractivity contribution in [3.63, 3.8) is 0 Å². The lowest BCUT2D eigenvalue weighted by Gasteiger charge is -2.26. The first-order valence-electron chi connectivity index (χ1n) is 10.0. The first-order chi connectivity index (χ1) is 13.6. The maximum atomic E-state index is 12.7. The fourth-order valence-corrected chi connectivity index (χ4v) is 3.78. The largest absolute Gasteiger partial charge is 0.351 e. The molecule has 4 rings (SSSR count). The van der Waals surface area contributed by atoms with Crippen LogP contribution in [0.15, 0.2) is 36.7 Å². The predicted octanol–water partition coefficient (Wildman–Crippen LogP) is 3.23. The zero-order valence-electron chi connectivity index (χ0n) is 16.6. The highest BCUT2D eigenvalue weighted by Gasteiger charge is 2.17. The molecule has 1 N–H and O–H groups in total. The summed E-state index contributed by atoms with van der Waals surface area (Å²) in [5, 5.41) is 7.48. The van der Waals surface area contributed by atoms with Gasteiger partial charge < -0.3 is 10.2 Å². The van der Waals surface area contributed by atoms with Gasteiger partial charge in [-0.05, 0) is 63.0 Å². The topological polar surface area (TPSA) is 62.5 Å². The lowest BCUT2D eigenvalue weighted by molar-refractivity contribution is 0.0948. The molecular weight excluding hydrogens is 350 g/mol. The van der Waals surface area contributed by atoms with Crippen molar-refractivity contribution in [1.29, 1.82) is 0 Å². The van der Waals surface area contributed by atoms with Crippen LogP contribution in [0.5, 0.6) is 0 Å². The normalized spacial score (nSPS) is 15.1. The van der Waals surface area contributed by atoms with Crippen LogP contribution in [0.3, 0.4) is 0 Å². The Bertz CT molecular complexity index is 988. The lowest BCUT2D eigenvalue weighted by Crippen LogP contribution is -2.37. The summed E-state index contributed by atoms with van der Waals surface area (Å²) in [6.45, 7) is 8.00. The number of aromatic nitrogens is 3. The van der Waals surface area contributed by atoms with E-state index in [0.717, 1.165) is 30.9 Å². The monoisotopic (exact) mass is 377 g/mol. The van der Waals surface area contributed by atoms with Gasteiger partial charge in [0.15, 0.2) is 5.65 Å². The van der Waals surface area contributed by atoms with Crippen molar-refractivity contribution in [1.82, 2.24) is 24.8 Å². The van der Waals surface area contributed by atoms with Crippen molar-refractivity contribution >= 4 is 11.6 Å². The van der Waals surface area contributed by atoms with Crippen LogP contribution in [0.25, 0.3) is 16.9 Å². The second-order valence-electron chi connectivity index (χ2n) is 7.58. The first-order valence-corrected chi connectivity index (χ1v) is 10.0. The number of nitrogens with one attached hydrogen (secondary N) is 1. The van der Waals surface area contributed by atoms with Crippen LogP contribution < -0.4 is 5.32 Å². The van der Waals surface area contributed by atoms with Crippen molar-refractivity contribution in [3.8, 4) is 11.3 Å². The Kier molecular flexibility index (Phi) is 5.39. The Hall–Kier alpha value is -2.73. The fraction of sp³-hybridized carbons (Fsp3) is 0.409. The van der Waals surface area contributed by atoms with E-state index in [-0.39, 0.29) is 5.91 Å². The zero-order valence-corrected chi connectivity index (χ0v) is 16.6. The van der Waals surface area contributed by atoms with Crippen molar-refractivity contribution in [2.75, 3.05) is 26.2 Å². The molecule has 3 aromatic rings. The predicted molar refractivity (Wildman–Crippen MR) is 111 cm³/mol. The summed E-state index contributed by atoms with van der Waals surface area (Å²) >= 11 is 0. The standard InChI is InChI=1S/C22H27N5O/c1-16-6-7-18(14-17(16)2)20-8-9-23-21-19(15-25-27(20)21)22(28)24-10-13-26-11-4-3-5-12-26/h6-9,14-15H,3-5,10-13H2,1-2H3,(H,24,28). The number of benzene rings is 1. The van der Waals surface area contributed by atoms with Crippen LogP contribution in [-0.4, -0.2) is 51.6 Å². The summed E-state index contributed by atoms with van der Waals surface area (Å²) in [7, 11) is 0. The number of fused-ring (bicyclic) bond motifs is 1. The summed E-state index contributed by atoms with van der Waals surface area (Å²) in [6, 6.07) is 8.26. The van der Waals surface area contributed by atoms with E-state index >= 15 is 0 Å². The molecule has 0 unspecified atom stereocenters. The van der Waals surface area contributed by atoms with E-state index < -0.39 is 0 Å². The highest BCUT2D eigenvalue weighted by atomic mass is 16.1. The molecule has 1 saturated heterocycles. The summed E-state index contributed by atoms with van der Waals surface area (Å²) in [4.78, 5) is 19.5. The number of carbonyl (C=O) groups is 1. The van der Waals surface area contributed by atoms with E-state index in [1.54, 1.807) is 16.9 Å². The molecule has 1 aliphatic heterocycles. The molecule has 2 aromatic heterocycles. The molecule has 0 bridgehead atoms. The summed E-state index contributed by atoms with van der Waals surface area (Å²) in [6.07, 6.45) is 7.19. The summed E-state index contributed by atoms with van der Waals surface area (Å²) < 4.78 is 1.75. The fourth-order valence-electron chi connectivity index (χ4n) is 3.78. The Morgan fingerprint density at radius 3 is 2.71 bits per heavy atom. The van der Waals surface area contributed by atoms with Crippen LogP contribution in [0.1, 0.15) is 40.7 Å². The molecule has 0 saturated carbocycles. The minimum atomic E-state index is -0.114. The van der Waals surface area contributed by atoms with E-state index in [4.69, 9.17) is 0 Å². The van der Waals surface area contributed by atoms with Crippen LogP contribution in [-0.2, 0) is 0 Å². The molecule has 6 nitrogen and oxygen atoms in total. The molecule has 1 amide bonds. The molecule has 1 aromatic carbocycles. The van der Waals surface area contributed by atoms with Gasteiger partial charge in [-0.15, -0.1) is 0 Å². The molecule has 28 heavy (non-hydrogen) atoms. The van der Waals surface area contributed by atoms with Crippen molar-refractivity contribution in [3.05, 3.63) is 53.3 Å². The smallest absolute Gasteiger partial charge is 0.256 e. The third-order valence-corrected chi connectivity index (χ3v) is 5.61. The van der Waals surface area contributed by atoms with Gasteiger partial charge in [-0.3, -0.25) is 4.79 Å². The molecule has 6 heteroatoms. The molecule has 0 atom stereocenters. The Labute approximate surface area is 165 Å². The van der Waals surface area contributed by atoms with Crippen LogP contribution >= 0.6 is 0 Å². The van der Waals surface area contributed by atoms with Gasteiger partial charge in [0.2, 0.25) is 0 Å². The highest BCUT2D eigenvalue weighted by molar-refractivity contribution is 5.99. The number of piperidine rings is 1. The van der Waals surface area contributed by atoms with Crippen LogP contribution in [0, 0.1) is 13.8 Å². The van der Waals surface area contributed by atoms with E-state index in [0.29, 0.717) is 17.8 Å². The Balaban J connectivity index is 1.52. The molecule has 146 valence electrons. The van der Waals surface area contributed by atoms with Gasteiger partial charge >= 0.3 is 0 Å².